The number of methoxy groups -OCH3 is 1. The van der Waals surface area contributed by atoms with Crippen LogP contribution in [0.2, 0.25) is 0 Å². The normalized spacial score (nSPS) is 9.93. The summed E-state index contributed by atoms with van der Waals surface area (Å²) in [4.78, 5) is 10.3. The molecule has 14 heavy (non-hydrogen) atoms. The zero-order valence-electron chi connectivity index (χ0n) is 8.96. The lowest BCUT2D eigenvalue weighted by molar-refractivity contribution is -0.107. The lowest BCUT2D eigenvalue weighted by Crippen LogP contribution is -1.96. The smallest absolute Gasteiger partial charge is 0.122 e. The van der Waals surface area contributed by atoms with Gasteiger partial charge < -0.3 is 9.53 Å². The molecule has 0 unspecified atom stereocenters. The minimum absolute atomic E-state index is 0.590. The Morgan fingerprint density at radius 3 is 2.57 bits per heavy atom. The molecule has 0 aliphatic heterocycles. The van der Waals surface area contributed by atoms with E-state index in [2.05, 4.69) is 6.92 Å². The van der Waals surface area contributed by atoms with Crippen molar-refractivity contribution in [2.45, 2.75) is 26.7 Å². The summed E-state index contributed by atoms with van der Waals surface area (Å²) in [6.45, 7) is 4.11. The number of ether oxygens (including phenoxy) is 1. The highest BCUT2D eigenvalue weighted by Gasteiger charge is 2.05. The maximum absolute atomic E-state index is 10.3. The van der Waals surface area contributed by atoms with Gasteiger partial charge in [-0.1, -0.05) is 6.07 Å². The fraction of sp³-hybridized carbons (Fsp3) is 0.417. The third kappa shape index (κ3) is 2.13. The van der Waals surface area contributed by atoms with Gasteiger partial charge in [-0.2, -0.15) is 0 Å². The summed E-state index contributed by atoms with van der Waals surface area (Å²) in [6, 6.07) is 3.99. The molecule has 1 aromatic rings. The van der Waals surface area contributed by atoms with Gasteiger partial charge in [0.1, 0.15) is 12.0 Å². The molecular weight excluding hydrogens is 176 g/mol. The van der Waals surface area contributed by atoms with Crippen molar-refractivity contribution in [2.24, 2.45) is 0 Å². The molecule has 0 heterocycles. The highest BCUT2D eigenvalue weighted by atomic mass is 16.5. The summed E-state index contributed by atoms with van der Waals surface area (Å²) in [5, 5.41) is 0. The number of hydrogen-bond donors (Lipinski definition) is 0. The maximum Gasteiger partial charge on any atom is 0.122 e. The highest BCUT2D eigenvalue weighted by Crippen LogP contribution is 2.24. The first kappa shape index (κ1) is 10.8. The minimum Gasteiger partial charge on any atom is -0.496 e. The minimum atomic E-state index is 0.590. The molecule has 0 aliphatic carbocycles. The van der Waals surface area contributed by atoms with Crippen LogP contribution in [0, 0.1) is 13.8 Å². The zero-order valence-corrected chi connectivity index (χ0v) is 8.96. The molecule has 1 aromatic carbocycles. The second-order valence-corrected chi connectivity index (χ2v) is 3.38. The van der Waals surface area contributed by atoms with Crippen molar-refractivity contribution in [2.75, 3.05) is 7.11 Å². The topological polar surface area (TPSA) is 26.3 Å². The first-order valence-corrected chi connectivity index (χ1v) is 4.77. The Kier molecular flexibility index (Phi) is 3.69. The average molecular weight is 192 g/mol. The standard InChI is InChI=1S/C12H16O2/c1-9-10(2)12(14-3)7-6-11(9)5-4-8-13/h6-8H,4-5H2,1-3H3. The Hall–Kier alpha value is -1.31. The van der Waals surface area contributed by atoms with Gasteiger partial charge in [0.05, 0.1) is 7.11 Å². The Labute approximate surface area is 84.9 Å². The van der Waals surface area contributed by atoms with Crippen LogP contribution >= 0.6 is 0 Å². The molecule has 0 spiro atoms. The summed E-state index contributed by atoms with van der Waals surface area (Å²) in [7, 11) is 1.67. The number of rotatable bonds is 4. The van der Waals surface area contributed by atoms with Crippen molar-refractivity contribution < 1.29 is 9.53 Å². The van der Waals surface area contributed by atoms with E-state index in [1.165, 1.54) is 11.1 Å². The van der Waals surface area contributed by atoms with Gasteiger partial charge in [0, 0.05) is 6.42 Å². The van der Waals surface area contributed by atoms with E-state index in [4.69, 9.17) is 4.74 Å². The highest BCUT2D eigenvalue weighted by molar-refractivity contribution is 5.51. The van der Waals surface area contributed by atoms with Crippen molar-refractivity contribution in [1.82, 2.24) is 0 Å². The van der Waals surface area contributed by atoms with E-state index in [1.807, 2.05) is 19.1 Å². The van der Waals surface area contributed by atoms with Gasteiger partial charge in [-0.25, -0.2) is 0 Å². The number of carbonyl (C=O) groups excluding carboxylic acids is 1. The molecule has 2 nitrogen and oxygen atoms in total. The van der Waals surface area contributed by atoms with E-state index in [1.54, 1.807) is 7.11 Å². The number of aldehydes is 1. The Morgan fingerprint density at radius 1 is 1.29 bits per heavy atom. The van der Waals surface area contributed by atoms with Crippen molar-refractivity contribution >= 4 is 6.29 Å². The Morgan fingerprint density at radius 2 is 2.00 bits per heavy atom. The van der Waals surface area contributed by atoms with Crippen molar-refractivity contribution in [1.29, 1.82) is 0 Å². The largest absolute Gasteiger partial charge is 0.496 e. The van der Waals surface area contributed by atoms with Gasteiger partial charge >= 0.3 is 0 Å². The summed E-state index contributed by atoms with van der Waals surface area (Å²) in [5.41, 5.74) is 3.62. The lowest BCUT2D eigenvalue weighted by atomic mass is 9.99. The second kappa shape index (κ2) is 4.80. The summed E-state index contributed by atoms with van der Waals surface area (Å²) < 4.78 is 5.22. The van der Waals surface area contributed by atoms with Gasteiger partial charge in [0.15, 0.2) is 0 Å². The van der Waals surface area contributed by atoms with Crippen LogP contribution in [0.4, 0.5) is 0 Å². The molecule has 0 amide bonds. The van der Waals surface area contributed by atoms with Crippen LogP contribution in [0.1, 0.15) is 23.1 Å². The van der Waals surface area contributed by atoms with Crippen molar-refractivity contribution in [3.8, 4) is 5.75 Å². The molecule has 0 aliphatic rings. The first-order valence-electron chi connectivity index (χ1n) is 4.77. The predicted octanol–water partition coefficient (Wildman–Crippen LogP) is 2.44. The van der Waals surface area contributed by atoms with Gasteiger partial charge in [0.2, 0.25) is 0 Å². The van der Waals surface area contributed by atoms with Crippen LogP contribution in [-0.4, -0.2) is 13.4 Å². The van der Waals surface area contributed by atoms with E-state index < -0.39 is 0 Å². The summed E-state index contributed by atoms with van der Waals surface area (Å²) in [5.74, 6) is 0.914. The van der Waals surface area contributed by atoms with Crippen LogP contribution < -0.4 is 4.74 Å². The van der Waals surface area contributed by atoms with E-state index >= 15 is 0 Å². The molecule has 0 bridgehead atoms. The molecule has 0 radical (unpaired) electrons. The van der Waals surface area contributed by atoms with Gasteiger partial charge in [-0.05, 0) is 43.0 Å². The molecule has 0 atom stereocenters. The SMILES string of the molecule is COc1ccc(CCC=O)c(C)c1C. The van der Waals surface area contributed by atoms with E-state index in [0.717, 1.165) is 24.0 Å². The molecule has 0 saturated heterocycles. The molecule has 0 N–H and O–H groups in total. The molecule has 0 fully saturated rings. The number of hydrogen-bond acceptors (Lipinski definition) is 2. The van der Waals surface area contributed by atoms with Crippen LogP contribution in [0.5, 0.6) is 5.75 Å². The van der Waals surface area contributed by atoms with E-state index in [9.17, 15) is 4.79 Å². The number of aryl methyl sites for hydroxylation is 1. The Bertz CT molecular complexity index is 329. The predicted molar refractivity (Wildman–Crippen MR) is 56.9 cm³/mol. The molecule has 76 valence electrons. The fourth-order valence-corrected chi connectivity index (χ4v) is 1.56. The quantitative estimate of drug-likeness (QED) is 0.685. The van der Waals surface area contributed by atoms with Crippen molar-refractivity contribution in [3.63, 3.8) is 0 Å². The lowest BCUT2D eigenvalue weighted by Gasteiger charge is -2.11. The molecule has 1 rings (SSSR count). The Balaban J connectivity index is 2.98. The van der Waals surface area contributed by atoms with Crippen LogP contribution in [0.25, 0.3) is 0 Å². The van der Waals surface area contributed by atoms with E-state index in [0.29, 0.717) is 6.42 Å². The molecule has 2 heteroatoms. The summed E-state index contributed by atoms with van der Waals surface area (Å²) >= 11 is 0. The average Bonchev–Trinajstić information content (AvgIpc) is 2.20. The van der Waals surface area contributed by atoms with Crippen LogP contribution in [-0.2, 0) is 11.2 Å². The third-order valence-electron chi connectivity index (χ3n) is 2.60. The second-order valence-electron chi connectivity index (χ2n) is 3.38. The zero-order chi connectivity index (χ0) is 10.6. The number of benzene rings is 1. The maximum atomic E-state index is 10.3. The van der Waals surface area contributed by atoms with Crippen LogP contribution in [0.3, 0.4) is 0 Å². The van der Waals surface area contributed by atoms with E-state index in [-0.39, 0.29) is 0 Å². The summed E-state index contributed by atoms with van der Waals surface area (Å²) in [6.07, 6.45) is 2.37. The first-order chi connectivity index (χ1) is 6.70. The van der Waals surface area contributed by atoms with Gasteiger partial charge in [-0.15, -0.1) is 0 Å². The van der Waals surface area contributed by atoms with Crippen LogP contribution in [0.15, 0.2) is 12.1 Å². The number of carbonyl (C=O) groups is 1. The third-order valence-corrected chi connectivity index (χ3v) is 2.60. The molecule has 0 aromatic heterocycles. The molecular formula is C12H16O2. The monoisotopic (exact) mass is 192 g/mol. The van der Waals surface area contributed by atoms with Gasteiger partial charge in [0.25, 0.3) is 0 Å². The molecule has 0 saturated carbocycles. The van der Waals surface area contributed by atoms with Crippen molar-refractivity contribution in [3.05, 3.63) is 28.8 Å². The van der Waals surface area contributed by atoms with Gasteiger partial charge in [-0.3, -0.25) is 0 Å². The fourth-order valence-electron chi connectivity index (χ4n) is 1.56.